The number of ketones is 6. The Bertz CT molecular complexity index is 4610. The van der Waals surface area contributed by atoms with Gasteiger partial charge in [0.05, 0.1) is 113 Å². The van der Waals surface area contributed by atoms with Gasteiger partial charge in [-0.2, -0.15) is 0 Å². The number of phosphoric acid groups is 3. The number of aliphatic hydroxyl groups excluding tert-OH is 1. The molecule has 0 aliphatic heterocycles. The minimum atomic E-state index is -5.74. The molecule has 3 aromatic heterocycles. The summed E-state index contributed by atoms with van der Waals surface area (Å²) < 4.78 is 74.8. The van der Waals surface area contributed by atoms with E-state index in [1.807, 2.05) is 0 Å². The Morgan fingerprint density at radius 1 is 0.360 bits per heavy atom. The van der Waals surface area contributed by atoms with E-state index >= 15 is 0 Å². The van der Waals surface area contributed by atoms with Crippen molar-refractivity contribution in [2.45, 2.75) is 251 Å². The van der Waals surface area contributed by atoms with Crippen LogP contribution in [0.4, 0.5) is 0 Å². The number of carboxylic acids is 9. The first kappa shape index (κ1) is 119. The van der Waals surface area contributed by atoms with Crippen LogP contribution in [0.25, 0.3) is 0 Å². The molecule has 3 amide bonds. The molecule has 3 aromatic rings. The van der Waals surface area contributed by atoms with Gasteiger partial charge in [0.1, 0.15) is 72.5 Å². The minimum Gasteiger partial charge on any atom is -0.756 e. The number of carbonyl (C=O) groups excluding carboxylic acids is 9. The van der Waals surface area contributed by atoms with Gasteiger partial charge in [0.25, 0.3) is 23.5 Å². The molecule has 0 fully saturated rings. The van der Waals surface area contributed by atoms with Crippen molar-refractivity contribution in [2.75, 3.05) is 78.7 Å². The van der Waals surface area contributed by atoms with Crippen LogP contribution in [-0.2, 0) is 166 Å². The van der Waals surface area contributed by atoms with E-state index in [0.29, 0.717) is 0 Å². The van der Waals surface area contributed by atoms with Crippen LogP contribution in [0.5, 0.6) is 0 Å². The third-order valence-electron chi connectivity index (χ3n) is 20.2. The van der Waals surface area contributed by atoms with E-state index in [2.05, 4.69) is 46.9 Å². The van der Waals surface area contributed by atoms with Crippen LogP contribution in [0.2, 0.25) is 0 Å². The van der Waals surface area contributed by atoms with E-state index in [-0.39, 0.29) is 178 Å². The number of nitrogens with one attached hydrogen (secondary N) is 3. The Hall–Kier alpha value is -10.7. The maximum absolute atomic E-state index is 13.9. The molecule has 6 unspecified atom stereocenters. The zero-order valence-corrected chi connectivity index (χ0v) is 78.2. The van der Waals surface area contributed by atoms with Crippen LogP contribution in [0, 0.1) is 17.8 Å². The highest BCUT2D eigenvalue weighted by atomic mass is 31.2. The van der Waals surface area contributed by atoms with Gasteiger partial charge >= 0.3 is 53.7 Å². The van der Waals surface area contributed by atoms with Crippen LogP contribution in [-0.4, -0.2) is 338 Å². The SMILES string of the molecule is CC(C)OP(=O)([O-])O[C@H](C)[C@@H](COP(=O)([O-])O[C@H](C)[C@@H](COP(=O)([O-])O[C@H](C)[C@@H](CO)CC(=O)CCCC(=O)Cc1cn(CC(=O)NCCCCC(C(=O)O)N(CC(=O)O)CC(=O)O)nn1)CC(=O)CCCC(=O)Cc1cn(CC(=O)NCCCCC(C(=O)O)N(CC(=O)O)CC(=O)O)nn1)CC(=O)CCCC(=O)Cc1cn(CC(=O)NCCCCC(C(=O)O)N(CC(=O)O)CC(=O)O)nn1. The predicted molar refractivity (Wildman–Crippen MR) is 452 cm³/mol. The highest BCUT2D eigenvalue weighted by Crippen LogP contribution is 2.47. The van der Waals surface area contributed by atoms with Gasteiger partial charge < -0.3 is 109 Å². The highest BCUT2D eigenvalue weighted by Gasteiger charge is 2.36. The third kappa shape index (κ3) is 52.0. The molecule has 0 saturated carbocycles. The van der Waals surface area contributed by atoms with Crippen molar-refractivity contribution in [1.82, 2.24) is 75.6 Å². The van der Waals surface area contributed by atoms with Gasteiger partial charge in [-0.05, 0) is 112 Å². The van der Waals surface area contributed by atoms with E-state index < -0.39 is 281 Å². The van der Waals surface area contributed by atoms with Gasteiger partial charge in [0.15, 0.2) is 0 Å². The van der Waals surface area contributed by atoms with Gasteiger partial charge in [0.2, 0.25) is 17.7 Å². The van der Waals surface area contributed by atoms with E-state index in [4.69, 9.17) is 57.8 Å². The number of aliphatic hydroxyl groups is 1. The molecule has 0 saturated heterocycles. The standard InChI is InChI=1S/C78H122N15O40P3/c1-48(2)130-136(126,127)133-51(5)54(29-60(97)17-14-20-63(100)32-57-35-93(87-84-57)38-69(103)81-26-11-8-23-66(78(120)121)90(43-74(112)113)44-75(114)115)47-129-135(124,125)132-50(4)53(28-59(96)16-13-19-62(99)31-56-34-92(86-83-56)37-68(102)80-25-10-7-22-65(77(118)119)89(41-72(108)109)42-73(110)111)46-128-134(122,123)131-49(3)52(45-94)27-58(95)15-12-18-61(98)30-55-33-91(85-82-55)36-67(101)79-24-9-6-21-64(76(116)117)88(39-70(104)105)40-71(106)107/h33-35,48-54,64-66,94H,6-32,36-47H2,1-5H3,(H,79,101)(H,80,102)(H,81,103)(H,104,105)(H,106,107)(H,108,109)(H,110,111)(H,112,113)(H,114,115)(H,116,117)(H,118,119)(H,120,121)(H,122,123)(H,124,125)(H,126,127)/p-3/t49-,50-,51-,52-,53-,54-,64?,65?,66?/m1/s1. The van der Waals surface area contributed by atoms with E-state index in [0.717, 1.165) is 49.5 Å². The van der Waals surface area contributed by atoms with Gasteiger partial charge in [-0.25, -0.2) is 14.0 Å². The zero-order valence-electron chi connectivity index (χ0n) is 75.5. The molecule has 12 atom stereocenters. The maximum Gasteiger partial charge on any atom is 0.320 e. The summed E-state index contributed by atoms with van der Waals surface area (Å²) in [5, 5.41) is 125. The molecule has 0 spiro atoms. The first-order chi connectivity index (χ1) is 63.7. The molecule has 55 nitrogen and oxygen atoms in total. The van der Waals surface area contributed by atoms with Gasteiger partial charge in [-0.3, -0.25) is 115 Å². The van der Waals surface area contributed by atoms with Crippen LogP contribution >= 0.6 is 23.5 Å². The first-order valence-corrected chi connectivity index (χ1v) is 47.5. The lowest BCUT2D eigenvalue weighted by Crippen LogP contribution is -2.46. The number of carbonyl (C=O) groups is 18. The Balaban J connectivity index is 1.70. The van der Waals surface area contributed by atoms with Crippen molar-refractivity contribution in [2.24, 2.45) is 17.8 Å². The molecule has 0 bridgehead atoms. The number of nitrogens with zero attached hydrogens (tertiary/aromatic N) is 12. The summed E-state index contributed by atoms with van der Waals surface area (Å²) in [6.07, 6.45) is -6.12. The summed E-state index contributed by atoms with van der Waals surface area (Å²) >= 11 is 0. The lowest BCUT2D eigenvalue weighted by molar-refractivity contribution is -0.237. The number of aliphatic carboxylic acids is 9. The topological polar surface area (TPSA) is 823 Å². The fourth-order valence-corrected chi connectivity index (χ4v) is 16.8. The number of aromatic nitrogens is 9. The largest absolute Gasteiger partial charge is 0.756 e. The van der Waals surface area contributed by atoms with E-state index in [1.165, 1.54) is 32.4 Å². The number of carboxylic acid groups (broad SMARTS) is 9. The zero-order chi connectivity index (χ0) is 102. The number of rotatable bonds is 81. The average Bonchev–Trinajstić information content (AvgIpc) is 0.878. The number of Topliss-reactive ketones (excluding diaryl/α,β-unsaturated/α-hetero) is 6. The molecule has 764 valence electrons. The van der Waals surface area contributed by atoms with Crippen molar-refractivity contribution in [3.05, 3.63) is 35.7 Å². The second kappa shape index (κ2) is 61.5. The summed E-state index contributed by atoms with van der Waals surface area (Å²) in [6, 6.07) is -4.31. The third-order valence-corrected chi connectivity index (χ3v) is 23.6. The summed E-state index contributed by atoms with van der Waals surface area (Å²) in [6.45, 7) is -2.96. The Morgan fingerprint density at radius 3 is 0.860 bits per heavy atom. The molecule has 0 aliphatic carbocycles. The smallest absolute Gasteiger partial charge is 0.320 e. The molecule has 3 heterocycles. The summed E-state index contributed by atoms with van der Waals surface area (Å²) in [5.41, 5.74) is 0.369. The van der Waals surface area contributed by atoms with Gasteiger partial charge in [-0.15, -0.1) is 15.3 Å². The van der Waals surface area contributed by atoms with E-state index in [1.54, 1.807) is 0 Å². The lowest BCUT2D eigenvalue weighted by Gasteiger charge is -2.35. The molecule has 58 heteroatoms. The Kier molecular flexibility index (Phi) is 54.0. The minimum absolute atomic E-state index is 0.0192. The molecular weight excluding hydrogens is 1880 g/mol. The summed E-state index contributed by atoms with van der Waals surface area (Å²) in [5.74, 6) is -22.2. The molecule has 3 rings (SSSR count). The summed E-state index contributed by atoms with van der Waals surface area (Å²) in [4.78, 5) is 264. The van der Waals surface area contributed by atoms with Crippen LogP contribution in [0.1, 0.15) is 187 Å². The lowest BCUT2D eigenvalue weighted by atomic mass is 9.95. The van der Waals surface area contributed by atoms with Gasteiger partial charge in [0, 0.05) is 120 Å². The first-order valence-electron chi connectivity index (χ1n) is 43.1. The van der Waals surface area contributed by atoms with Crippen LogP contribution < -0.4 is 30.6 Å². The summed E-state index contributed by atoms with van der Waals surface area (Å²) in [7, 11) is -16.5. The Labute approximate surface area is 778 Å². The van der Waals surface area contributed by atoms with Crippen LogP contribution in [0.15, 0.2) is 18.6 Å². The molecule has 0 aromatic carbocycles. The quantitative estimate of drug-likeness (QED) is 0.0218. The number of phosphoric ester groups is 3. The second-order valence-electron chi connectivity index (χ2n) is 32.3. The number of hydrogen-bond acceptors (Lipinski definition) is 40. The highest BCUT2D eigenvalue weighted by molar-refractivity contribution is 7.46. The fraction of sp³-hybridized carbons (Fsp3) is 0.692. The van der Waals surface area contributed by atoms with Gasteiger partial charge in [-0.1, -0.05) is 15.6 Å². The second-order valence-corrected chi connectivity index (χ2v) is 36.4. The van der Waals surface area contributed by atoms with Crippen molar-refractivity contribution in [1.29, 1.82) is 0 Å². The number of unbranched alkanes of at least 4 members (excludes halogenated alkanes) is 3. The molecule has 0 radical (unpaired) electrons. The predicted octanol–water partition coefficient (Wildman–Crippen LogP) is -1.86. The normalized spacial score (nSPS) is 15.0. The van der Waals surface area contributed by atoms with Crippen molar-refractivity contribution in [3.8, 4) is 0 Å². The van der Waals surface area contributed by atoms with E-state index in [9.17, 15) is 135 Å². The van der Waals surface area contributed by atoms with Crippen LogP contribution in [0.3, 0.4) is 0 Å². The molecule has 0 aliphatic rings. The molecular formula is C78H119N15O40P3-3. The number of amides is 3. The van der Waals surface area contributed by atoms with Crippen molar-refractivity contribution < 1.29 is 193 Å². The fourth-order valence-electron chi connectivity index (χ4n) is 13.6. The Morgan fingerprint density at radius 2 is 0.610 bits per heavy atom. The monoisotopic (exact) mass is 2000 g/mol. The number of hydrogen-bond donors (Lipinski definition) is 13. The molecule has 13 N–H and O–H groups in total. The molecule has 136 heavy (non-hydrogen) atoms. The average molecular weight is 2000 g/mol. The maximum atomic E-state index is 13.9. The van der Waals surface area contributed by atoms with Crippen molar-refractivity contribution >= 4 is 130 Å². The van der Waals surface area contributed by atoms with Crippen molar-refractivity contribution in [3.63, 3.8) is 0 Å².